The fourth-order valence-electron chi connectivity index (χ4n) is 4.32. The molecule has 0 bridgehead atoms. The molecular formula is C28H32N4O4. The van der Waals surface area contributed by atoms with Crippen molar-refractivity contribution in [2.24, 2.45) is 0 Å². The van der Waals surface area contributed by atoms with Crippen molar-refractivity contribution < 1.29 is 19.1 Å². The van der Waals surface area contributed by atoms with E-state index in [1.165, 1.54) is 5.56 Å². The molecule has 8 heteroatoms. The number of rotatable bonds is 9. The summed E-state index contributed by atoms with van der Waals surface area (Å²) in [6, 6.07) is 18.3. The second-order valence-electron chi connectivity index (χ2n) is 8.87. The van der Waals surface area contributed by atoms with Crippen molar-refractivity contribution in [3.05, 3.63) is 84.2 Å². The van der Waals surface area contributed by atoms with Crippen LogP contribution in [0.15, 0.2) is 73.1 Å². The lowest BCUT2D eigenvalue weighted by Crippen LogP contribution is -2.45. The van der Waals surface area contributed by atoms with E-state index in [0.29, 0.717) is 22.7 Å². The van der Waals surface area contributed by atoms with Crippen LogP contribution in [0.25, 0.3) is 0 Å². The van der Waals surface area contributed by atoms with Gasteiger partial charge in [-0.3, -0.25) is 19.5 Å². The summed E-state index contributed by atoms with van der Waals surface area (Å²) in [5, 5.41) is 2.77. The highest BCUT2D eigenvalue weighted by Gasteiger charge is 2.26. The van der Waals surface area contributed by atoms with Crippen molar-refractivity contribution in [3.63, 3.8) is 0 Å². The quantitative estimate of drug-likeness (QED) is 0.493. The summed E-state index contributed by atoms with van der Waals surface area (Å²) < 4.78 is 10.8. The predicted molar refractivity (Wildman–Crippen MR) is 138 cm³/mol. The van der Waals surface area contributed by atoms with Crippen molar-refractivity contribution in [1.29, 1.82) is 0 Å². The number of pyridine rings is 1. The molecular weight excluding hydrogens is 456 g/mol. The maximum absolute atomic E-state index is 13.0. The number of carbonyl (C=O) groups is 2. The fourth-order valence-corrected chi connectivity index (χ4v) is 4.32. The van der Waals surface area contributed by atoms with Gasteiger partial charge in [0.05, 0.1) is 7.11 Å². The van der Waals surface area contributed by atoms with Crippen LogP contribution in [0, 0.1) is 0 Å². The summed E-state index contributed by atoms with van der Waals surface area (Å²) in [4.78, 5) is 33.6. The number of ether oxygens (including phenoxy) is 2. The third kappa shape index (κ3) is 6.82. The summed E-state index contributed by atoms with van der Waals surface area (Å²) in [5.41, 5.74) is 2.49. The number of methoxy groups -OCH3 is 1. The SMILES string of the molecule is COc1cccc(NC(=O)COc2ccc(C(=O)N(C)C3CCN(Cc4ccncc4)CC3)cc2)c1. The molecule has 4 rings (SSSR count). The van der Waals surface area contributed by atoms with Gasteiger partial charge >= 0.3 is 0 Å². The van der Waals surface area contributed by atoms with Crippen LogP contribution in [-0.4, -0.2) is 66.5 Å². The highest BCUT2D eigenvalue weighted by atomic mass is 16.5. The number of hydrogen-bond donors (Lipinski definition) is 1. The van der Waals surface area contributed by atoms with Crippen molar-refractivity contribution in [2.75, 3.05) is 39.2 Å². The largest absolute Gasteiger partial charge is 0.497 e. The Kier molecular flexibility index (Phi) is 8.52. The first kappa shape index (κ1) is 25.2. The van der Waals surface area contributed by atoms with E-state index in [1.807, 2.05) is 36.5 Å². The Morgan fingerprint density at radius 2 is 1.75 bits per heavy atom. The first-order chi connectivity index (χ1) is 17.5. The standard InChI is InChI=1S/C28H32N4O4/c1-31(24-12-16-32(17-13-24)19-21-10-14-29-15-11-21)28(34)22-6-8-25(9-7-22)36-20-27(33)30-23-4-3-5-26(18-23)35-2/h3-11,14-15,18,24H,12-13,16-17,19-20H2,1-2H3,(H,30,33). The van der Waals surface area contributed by atoms with Gasteiger partial charge in [-0.25, -0.2) is 0 Å². The smallest absolute Gasteiger partial charge is 0.262 e. The Balaban J connectivity index is 1.23. The van der Waals surface area contributed by atoms with Crippen LogP contribution in [0.1, 0.15) is 28.8 Å². The Morgan fingerprint density at radius 3 is 2.44 bits per heavy atom. The minimum Gasteiger partial charge on any atom is -0.497 e. The normalized spacial score (nSPS) is 14.2. The zero-order valence-corrected chi connectivity index (χ0v) is 20.7. The van der Waals surface area contributed by atoms with Gasteiger partial charge in [-0.15, -0.1) is 0 Å². The number of amides is 2. The predicted octanol–water partition coefficient (Wildman–Crippen LogP) is 3.84. The van der Waals surface area contributed by atoms with Crippen LogP contribution in [0.4, 0.5) is 5.69 Å². The molecule has 1 saturated heterocycles. The maximum atomic E-state index is 13.0. The fraction of sp³-hybridized carbons (Fsp3) is 0.321. The van der Waals surface area contributed by atoms with Crippen molar-refractivity contribution in [3.8, 4) is 11.5 Å². The summed E-state index contributed by atoms with van der Waals surface area (Å²) >= 11 is 0. The molecule has 36 heavy (non-hydrogen) atoms. The van der Waals surface area contributed by atoms with Gasteiger partial charge in [0.15, 0.2) is 6.61 Å². The van der Waals surface area contributed by atoms with E-state index >= 15 is 0 Å². The molecule has 0 unspecified atom stereocenters. The van der Waals surface area contributed by atoms with E-state index in [0.717, 1.165) is 32.5 Å². The molecule has 3 aromatic rings. The van der Waals surface area contributed by atoms with Crippen molar-refractivity contribution >= 4 is 17.5 Å². The van der Waals surface area contributed by atoms with Gasteiger partial charge in [0.25, 0.3) is 11.8 Å². The molecule has 2 aromatic carbocycles. The minimum atomic E-state index is -0.279. The summed E-state index contributed by atoms with van der Waals surface area (Å²) in [6.45, 7) is 2.68. The maximum Gasteiger partial charge on any atom is 0.262 e. The zero-order chi connectivity index (χ0) is 25.3. The van der Waals surface area contributed by atoms with E-state index in [4.69, 9.17) is 9.47 Å². The number of nitrogens with zero attached hydrogens (tertiary/aromatic N) is 3. The molecule has 2 amide bonds. The average Bonchev–Trinajstić information content (AvgIpc) is 2.92. The Labute approximate surface area is 211 Å². The second-order valence-corrected chi connectivity index (χ2v) is 8.87. The van der Waals surface area contributed by atoms with Gasteiger partial charge < -0.3 is 19.7 Å². The van der Waals surface area contributed by atoms with Crippen LogP contribution in [0.2, 0.25) is 0 Å². The van der Waals surface area contributed by atoms with Crippen LogP contribution in [0.3, 0.4) is 0 Å². The number of carbonyl (C=O) groups excluding carboxylic acids is 2. The highest BCUT2D eigenvalue weighted by Crippen LogP contribution is 2.21. The number of anilines is 1. The van der Waals surface area contributed by atoms with E-state index < -0.39 is 0 Å². The lowest BCUT2D eigenvalue weighted by Gasteiger charge is -2.36. The number of benzene rings is 2. The molecule has 1 aliphatic rings. The van der Waals surface area contributed by atoms with E-state index in [2.05, 4.69) is 15.2 Å². The zero-order valence-electron chi connectivity index (χ0n) is 20.7. The Morgan fingerprint density at radius 1 is 1.03 bits per heavy atom. The molecule has 188 valence electrons. The van der Waals surface area contributed by atoms with Crippen LogP contribution >= 0.6 is 0 Å². The van der Waals surface area contributed by atoms with E-state index in [1.54, 1.807) is 55.6 Å². The first-order valence-electron chi connectivity index (χ1n) is 12.1. The number of nitrogens with one attached hydrogen (secondary N) is 1. The van der Waals surface area contributed by atoms with E-state index in [9.17, 15) is 9.59 Å². The van der Waals surface area contributed by atoms with Crippen LogP contribution in [0.5, 0.6) is 11.5 Å². The lowest BCUT2D eigenvalue weighted by molar-refractivity contribution is -0.118. The van der Waals surface area contributed by atoms with Gasteiger partial charge in [0, 0.05) is 62.4 Å². The molecule has 1 aromatic heterocycles. The monoisotopic (exact) mass is 488 g/mol. The molecule has 0 radical (unpaired) electrons. The Bertz CT molecular complexity index is 1150. The second kappa shape index (κ2) is 12.2. The topological polar surface area (TPSA) is 84.0 Å². The number of hydrogen-bond acceptors (Lipinski definition) is 6. The highest BCUT2D eigenvalue weighted by molar-refractivity contribution is 5.94. The third-order valence-corrected chi connectivity index (χ3v) is 6.41. The van der Waals surface area contributed by atoms with Gasteiger partial charge in [-0.05, 0) is 66.9 Å². The van der Waals surface area contributed by atoms with Crippen molar-refractivity contribution in [1.82, 2.24) is 14.8 Å². The minimum absolute atomic E-state index is 0.00935. The van der Waals surface area contributed by atoms with Crippen LogP contribution in [-0.2, 0) is 11.3 Å². The molecule has 2 heterocycles. The first-order valence-corrected chi connectivity index (χ1v) is 12.1. The summed E-state index contributed by atoms with van der Waals surface area (Å²) in [7, 11) is 3.45. The molecule has 0 saturated carbocycles. The van der Waals surface area contributed by atoms with Crippen molar-refractivity contribution in [2.45, 2.75) is 25.4 Å². The molecule has 8 nitrogen and oxygen atoms in total. The van der Waals surface area contributed by atoms with Gasteiger partial charge in [-0.1, -0.05) is 6.07 Å². The number of likely N-dealkylation sites (tertiary alicyclic amines) is 1. The molecule has 1 N–H and O–H groups in total. The van der Waals surface area contributed by atoms with Gasteiger partial charge in [-0.2, -0.15) is 0 Å². The lowest BCUT2D eigenvalue weighted by atomic mass is 10.0. The number of piperidine rings is 1. The van der Waals surface area contributed by atoms with E-state index in [-0.39, 0.29) is 24.5 Å². The Hall–Kier alpha value is -3.91. The molecule has 0 aliphatic carbocycles. The summed E-state index contributed by atoms with van der Waals surface area (Å²) in [5.74, 6) is 0.900. The van der Waals surface area contributed by atoms with Gasteiger partial charge in [0.2, 0.25) is 0 Å². The molecule has 1 aliphatic heterocycles. The van der Waals surface area contributed by atoms with Crippen LogP contribution < -0.4 is 14.8 Å². The van der Waals surface area contributed by atoms with Gasteiger partial charge in [0.1, 0.15) is 11.5 Å². The average molecular weight is 489 g/mol. The summed E-state index contributed by atoms with van der Waals surface area (Å²) in [6.07, 6.45) is 5.53. The number of aromatic nitrogens is 1. The molecule has 1 fully saturated rings. The molecule has 0 spiro atoms. The molecule has 0 atom stereocenters. The third-order valence-electron chi connectivity index (χ3n) is 6.41.